The van der Waals surface area contributed by atoms with E-state index in [0.717, 1.165) is 0 Å². The number of hydrogen-bond acceptors (Lipinski definition) is 10. The van der Waals surface area contributed by atoms with E-state index >= 15 is 0 Å². The molecule has 0 aliphatic carbocycles. The van der Waals surface area contributed by atoms with Crippen LogP contribution in [0.25, 0.3) is 6.08 Å². The Morgan fingerprint density at radius 3 is 2.47 bits per heavy atom. The second-order valence-electron chi connectivity index (χ2n) is 7.24. The van der Waals surface area contributed by atoms with Gasteiger partial charge in [-0.25, -0.2) is 22.0 Å². The minimum Gasteiger partial charge on any atom is -0.466 e. The maximum Gasteiger partial charge on any atom is 0.305 e. The van der Waals surface area contributed by atoms with Crippen molar-refractivity contribution in [1.82, 2.24) is 9.21 Å². The Morgan fingerprint density at radius 2 is 1.88 bits per heavy atom. The summed E-state index contributed by atoms with van der Waals surface area (Å²) in [5.41, 5.74) is 0.747. The van der Waals surface area contributed by atoms with Crippen LogP contribution in [0.2, 0.25) is 0 Å². The summed E-state index contributed by atoms with van der Waals surface area (Å²) in [5.74, 6) is -0.288. The van der Waals surface area contributed by atoms with E-state index in [1.54, 1.807) is 20.1 Å². The quantitative estimate of drug-likeness (QED) is 0.330. The lowest BCUT2D eigenvalue weighted by Gasteiger charge is -2.33. The van der Waals surface area contributed by atoms with Crippen LogP contribution >= 0.6 is 23.7 Å². The fraction of sp³-hybridized carbons (Fsp3) is 0.632. The van der Waals surface area contributed by atoms with Crippen LogP contribution in [0, 0.1) is 0 Å². The topological polar surface area (TPSA) is 146 Å². The highest BCUT2D eigenvalue weighted by atomic mass is 35.5. The molecule has 34 heavy (non-hydrogen) atoms. The maximum absolute atomic E-state index is 13.3. The van der Waals surface area contributed by atoms with Gasteiger partial charge in [-0.2, -0.15) is 0 Å². The van der Waals surface area contributed by atoms with Gasteiger partial charge < -0.3 is 14.2 Å². The Hall–Kier alpha value is -1.26. The molecule has 1 aromatic heterocycles. The Morgan fingerprint density at radius 1 is 1.21 bits per heavy atom. The zero-order chi connectivity index (χ0) is 24.6. The van der Waals surface area contributed by atoms with Gasteiger partial charge in [-0.15, -0.1) is 23.7 Å². The molecule has 0 atom stereocenters. The molecule has 2 heterocycles. The fourth-order valence-electron chi connectivity index (χ4n) is 3.28. The normalized spacial score (nSPS) is 15.0. The molecule has 0 unspecified atom stereocenters. The summed E-state index contributed by atoms with van der Waals surface area (Å²) >= 11 is 0.630. The minimum atomic E-state index is -4.05. The zero-order valence-corrected chi connectivity index (χ0v) is 22.7. The number of sulfonamides is 2. The molecule has 0 amide bonds. The van der Waals surface area contributed by atoms with Gasteiger partial charge in [-0.05, 0) is 32.0 Å². The van der Waals surface area contributed by atoms with E-state index in [1.165, 1.54) is 17.5 Å². The molecule has 1 aliphatic heterocycles. The van der Waals surface area contributed by atoms with Gasteiger partial charge in [0.15, 0.2) is 0 Å². The van der Waals surface area contributed by atoms with Gasteiger partial charge in [0.2, 0.25) is 10.0 Å². The highest BCUT2D eigenvalue weighted by Crippen LogP contribution is 2.38. The molecule has 0 radical (unpaired) electrons. The largest absolute Gasteiger partial charge is 0.466 e. The molecular weight excluding hydrogens is 530 g/mol. The second kappa shape index (κ2) is 13.7. The van der Waals surface area contributed by atoms with Crippen molar-refractivity contribution in [3.05, 3.63) is 17.3 Å². The molecule has 0 bridgehead atoms. The van der Waals surface area contributed by atoms with Gasteiger partial charge in [0.05, 0.1) is 26.4 Å². The predicted octanol–water partition coefficient (Wildman–Crippen LogP) is 1.10. The van der Waals surface area contributed by atoms with E-state index in [2.05, 4.69) is 0 Å². The van der Waals surface area contributed by atoms with Crippen LogP contribution in [0.1, 0.15) is 25.3 Å². The molecule has 0 saturated heterocycles. The third kappa shape index (κ3) is 8.16. The standard InChI is InChI=1S/C19H31N3O8S3.ClH/c1-4-30-17(23)6-5-7-21(8-10-28-2)14-16-12-15-13-18(32(20,24)25)31-19(15)33(26,27)22(16)9-11-29-3;/h12-13H,4-11,14H2,1-3H3,(H2,20,24,25);1H. The predicted molar refractivity (Wildman–Crippen MR) is 131 cm³/mol. The lowest BCUT2D eigenvalue weighted by atomic mass is 10.2. The average molecular weight is 562 g/mol. The smallest absolute Gasteiger partial charge is 0.305 e. The Bertz CT molecular complexity index is 1060. The number of rotatable bonds is 14. The van der Waals surface area contributed by atoms with Crippen molar-refractivity contribution < 1.29 is 35.8 Å². The summed E-state index contributed by atoms with van der Waals surface area (Å²) in [6, 6.07) is 1.28. The Kier molecular flexibility index (Phi) is 12.4. The van der Waals surface area contributed by atoms with E-state index < -0.39 is 20.0 Å². The number of carbonyl (C=O) groups is 1. The lowest BCUT2D eigenvalue weighted by molar-refractivity contribution is -0.143. The monoisotopic (exact) mass is 561 g/mol. The molecular formula is C19H32ClN3O8S3. The first-order valence-corrected chi connectivity index (χ1v) is 14.1. The van der Waals surface area contributed by atoms with Gasteiger partial charge in [0.1, 0.15) is 8.42 Å². The molecule has 196 valence electrons. The number of primary sulfonamides is 1. The van der Waals surface area contributed by atoms with Gasteiger partial charge >= 0.3 is 5.97 Å². The van der Waals surface area contributed by atoms with Crippen molar-refractivity contribution in [3.63, 3.8) is 0 Å². The second-order valence-corrected chi connectivity index (χ2v) is 12.1. The maximum atomic E-state index is 13.3. The summed E-state index contributed by atoms with van der Waals surface area (Å²) in [7, 11) is -5.01. The number of nitrogens with two attached hydrogens (primary N) is 1. The van der Waals surface area contributed by atoms with Crippen LogP contribution in [0.4, 0.5) is 0 Å². The van der Waals surface area contributed by atoms with E-state index in [9.17, 15) is 21.6 Å². The summed E-state index contributed by atoms with van der Waals surface area (Å²) < 4.78 is 66.4. The van der Waals surface area contributed by atoms with Crippen molar-refractivity contribution in [2.75, 3.05) is 60.2 Å². The molecule has 15 heteroatoms. The van der Waals surface area contributed by atoms with Crippen molar-refractivity contribution in [2.45, 2.75) is 28.2 Å². The van der Waals surface area contributed by atoms with Crippen LogP contribution < -0.4 is 5.14 Å². The number of nitrogens with zero attached hydrogens (tertiary/aromatic N) is 2. The third-order valence-corrected chi connectivity index (χ3v) is 9.76. The number of hydrogen-bond donors (Lipinski definition) is 1. The van der Waals surface area contributed by atoms with Gasteiger partial charge in [0.25, 0.3) is 10.0 Å². The summed E-state index contributed by atoms with van der Waals surface area (Å²) in [4.78, 5) is 13.6. The van der Waals surface area contributed by atoms with Gasteiger partial charge in [-0.3, -0.25) is 14.0 Å². The van der Waals surface area contributed by atoms with Crippen LogP contribution in [-0.2, 0) is 39.1 Å². The van der Waals surface area contributed by atoms with Crippen molar-refractivity contribution in [2.24, 2.45) is 5.14 Å². The van der Waals surface area contributed by atoms with Gasteiger partial charge in [0, 0.05) is 45.0 Å². The number of carbonyl (C=O) groups excluding carboxylic acids is 1. The molecule has 2 rings (SSSR count). The van der Waals surface area contributed by atoms with Crippen LogP contribution in [0.15, 0.2) is 20.2 Å². The Labute approximate surface area is 211 Å². The van der Waals surface area contributed by atoms with E-state index in [0.29, 0.717) is 49.8 Å². The third-order valence-electron chi connectivity index (χ3n) is 4.81. The molecule has 1 aliphatic rings. The number of esters is 1. The number of methoxy groups -OCH3 is 2. The number of halogens is 1. The minimum absolute atomic E-state index is 0. The van der Waals surface area contributed by atoms with Crippen LogP contribution in [-0.4, -0.2) is 92.2 Å². The number of ether oxygens (including phenoxy) is 3. The number of thiophene rings is 1. The first-order valence-electron chi connectivity index (χ1n) is 10.3. The number of fused-ring (bicyclic) bond motifs is 1. The van der Waals surface area contributed by atoms with E-state index in [4.69, 9.17) is 19.3 Å². The molecule has 0 aromatic carbocycles. The molecule has 2 N–H and O–H groups in total. The molecule has 11 nitrogen and oxygen atoms in total. The lowest BCUT2D eigenvalue weighted by Crippen LogP contribution is -2.41. The van der Waals surface area contributed by atoms with Crippen LogP contribution in [0.3, 0.4) is 0 Å². The van der Waals surface area contributed by atoms with E-state index in [1.807, 2.05) is 4.90 Å². The first-order chi connectivity index (χ1) is 15.5. The van der Waals surface area contributed by atoms with Crippen molar-refractivity contribution in [3.8, 4) is 0 Å². The Balaban J connectivity index is 0.00000578. The SMILES string of the molecule is CCOC(=O)CCCN(CCOC)CC1=Cc2cc(S(N)(=O)=O)sc2S(=O)(=O)N1CCOC.Cl. The van der Waals surface area contributed by atoms with Crippen LogP contribution in [0.5, 0.6) is 0 Å². The van der Waals surface area contributed by atoms with Crippen molar-refractivity contribution >= 4 is 55.8 Å². The van der Waals surface area contributed by atoms with E-state index in [-0.39, 0.29) is 58.5 Å². The summed E-state index contributed by atoms with van der Waals surface area (Å²) in [5, 5.41) is 5.22. The van der Waals surface area contributed by atoms with Gasteiger partial charge in [-0.1, -0.05) is 0 Å². The summed E-state index contributed by atoms with van der Waals surface area (Å²) in [6.07, 6.45) is 2.43. The first kappa shape index (κ1) is 30.8. The van der Waals surface area contributed by atoms with Crippen molar-refractivity contribution in [1.29, 1.82) is 0 Å². The summed E-state index contributed by atoms with van der Waals surface area (Å²) in [6.45, 7) is 3.95. The molecule has 1 aromatic rings. The molecule has 0 saturated carbocycles. The fourth-order valence-corrected chi connectivity index (χ4v) is 7.35. The highest BCUT2D eigenvalue weighted by molar-refractivity contribution is 7.94. The average Bonchev–Trinajstić information content (AvgIpc) is 3.17. The molecule has 0 spiro atoms. The molecule has 0 fully saturated rings. The highest BCUT2D eigenvalue weighted by Gasteiger charge is 2.36. The zero-order valence-electron chi connectivity index (χ0n) is 19.4.